The molecule has 0 aromatic carbocycles. The zero-order valence-corrected chi connectivity index (χ0v) is 17.3. The number of hydrogen-bond acceptors (Lipinski definition) is 7. The summed E-state index contributed by atoms with van der Waals surface area (Å²) < 4.78 is 19.1. The topological polar surface area (TPSA) is 100 Å². The molecule has 0 saturated carbocycles. The molecule has 6 rings (SSSR count). The van der Waals surface area contributed by atoms with Gasteiger partial charge in [0.1, 0.15) is 11.6 Å². The monoisotopic (exact) mass is 443 g/mol. The molecule has 2 aliphatic heterocycles. The van der Waals surface area contributed by atoms with Crippen molar-refractivity contribution in [3.63, 3.8) is 0 Å². The predicted octanol–water partition coefficient (Wildman–Crippen LogP) is 3.96. The summed E-state index contributed by atoms with van der Waals surface area (Å²) in [6, 6.07) is 8.28. The molecule has 0 spiro atoms. The molecular weight excluding hydrogens is 425 g/mol. The molecule has 1 N–H and O–H groups in total. The van der Waals surface area contributed by atoms with Crippen LogP contribution in [0.5, 0.6) is 0 Å². The van der Waals surface area contributed by atoms with Gasteiger partial charge in [0, 0.05) is 36.6 Å². The van der Waals surface area contributed by atoms with Gasteiger partial charge in [0.15, 0.2) is 18.0 Å². The third kappa shape index (κ3) is 3.45. The highest BCUT2D eigenvalue weighted by Gasteiger charge is 2.40. The van der Waals surface area contributed by atoms with Gasteiger partial charge < -0.3 is 9.32 Å². The molecule has 33 heavy (non-hydrogen) atoms. The van der Waals surface area contributed by atoms with Gasteiger partial charge in [0.05, 0.1) is 29.8 Å². The van der Waals surface area contributed by atoms with Crippen molar-refractivity contribution in [1.82, 2.24) is 19.9 Å². The van der Waals surface area contributed by atoms with Gasteiger partial charge in [-0.3, -0.25) is 15.2 Å². The van der Waals surface area contributed by atoms with Crippen molar-refractivity contribution in [1.29, 1.82) is 0 Å². The SMILES string of the molecule is O=C(Nc1cc(-c2cnco2)ccn1)N1c2nc(-c3cncc(F)c3)ccc2N2CC[C@H]1C2. The van der Waals surface area contributed by atoms with Crippen LogP contribution in [0.1, 0.15) is 6.42 Å². The number of nitrogens with one attached hydrogen (secondary N) is 1. The lowest BCUT2D eigenvalue weighted by molar-refractivity contribution is 0.254. The number of rotatable bonds is 3. The lowest BCUT2D eigenvalue weighted by atomic mass is 10.1. The molecule has 1 atom stereocenters. The predicted molar refractivity (Wildman–Crippen MR) is 119 cm³/mol. The highest BCUT2D eigenvalue weighted by Crippen LogP contribution is 2.40. The Morgan fingerprint density at radius 2 is 2.06 bits per heavy atom. The number of halogens is 1. The Bertz CT molecular complexity index is 1340. The van der Waals surface area contributed by atoms with Crippen molar-refractivity contribution in [2.75, 3.05) is 28.2 Å². The molecule has 10 heteroatoms. The number of urea groups is 1. The number of fused-ring (bicyclic) bond motifs is 4. The van der Waals surface area contributed by atoms with Crippen LogP contribution in [0.3, 0.4) is 0 Å². The Morgan fingerprint density at radius 3 is 2.91 bits per heavy atom. The number of amides is 2. The summed E-state index contributed by atoms with van der Waals surface area (Å²) in [5, 5.41) is 2.89. The van der Waals surface area contributed by atoms with Crippen LogP contribution in [-0.2, 0) is 0 Å². The van der Waals surface area contributed by atoms with Gasteiger partial charge in [-0.1, -0.05) is 0 Å². The number of nitrogens with zero attached hydrogens (tertiary/aromatic N) is 6. The number of anilines is 3. The quantitative estimate of drug-likeness (QED) is 0.511. The number of pyridine rings is 3. The molecule has 2 bridgehead atoms. The molecule has 6 heterocycles. The van der Waals surface area contributed by atoms with Crippen LogP contribution in [0.2, 0.25) is 0 Å². The highest BCUT2D eigenvalue weighted by atomic mass is 19.1. The van der Waals surface area contributed by atoms with E-state index in [1.165, 1.54) is 12.5 Å². The van der Waals surface area contributed by atoms with Crippen LogP contribution in [0.15, 0.2) is 65.9 Å². The Balaban J connectivity index is 1.34. The van der Waals surface area contributed by atoms with E-state index in [2.05, 4.69) is 25.2 Å². The largest absolute Gasteiger partial charge is 0.444 e. The van der Waals surface area contributed by atoms with Gasteiger partial charge in [-0.15, -0.1) is 0 Å². The fourth-order valence-corrected chi connectivity index (χ4v) is 4.36. The van der Waals surface area contributed by atoms with Gasteiger partial charge in [0.25, 0.3) is 0 Å². The maximum atomic E-state index is 13.7. The zero-order chi connectivity index (χ0) is 22.4. The first-order valence-electron chi connectivity index (χ1n) is 10.5. The van der Waals surface area contributed by atoms with Crippen molar-refractivity contribution in [3.05, 3.63) is 67.3 Å². The average Bonchev–Trinajstić information content (AvgIpc) is 3.51. The maximum absolute atomic E-state index is 13.7. The average molecular weight is 443 g/mol. The summed E-state index contributed by atoms with van der Waals surface area (Å²) in [4.78, 5) is 34.2. The second-order valence-electron chi connectivity index (χ2n) is 7.92. The summed E-state index contributed by atoms with van der Waals surface area (Å²) in [6.45, 7) is 1.57. The standard InChI is InChI=1S/C23H18FN7O2/c24-16-7-15(9-25-10-16)18-1-2-19-22(28-18)31(17-4-6-30(19)12-17)23(32)29-21-8-14(3-5-27-21)20-11-26-13-33-20/h1-3,5,7-11,13,17H,4,6,12H2,(H,27,29,32)/t17-/m0/s1. The summed E-state index contributed by atoms with van der Waals surface area (Å²) in [5.41, 5.74) is 2.72. The van der Waals surface area contributed by atoms with Crippen LogP contribution >= 0.6 is 0 Å². The van der Waals surface area contributed by atoms with E-state index < -0.39 is 5.82 Å². The van der Waals surface area contributed by atoms with E-state index >= 15 is 0 Å². The maximum Gasteiger partial charge on any atom is 0.329 e. The number of carbonyl (C=O) groups is 1. The first-order chi connectivity index (χ1) is 16.2. The lowest BCUT2D eigenvalue weighted by Gasteiger charge is -2.35. The van der Waals surface area contributed by atoms with E-state index in [0.717, 1.165) is 37.0 Å². The van der Waals surface area contributed by atoms with Crippen LogP contribution in [0.4, 0.5) is 26.5 Å². The van der Waals surface area contributed by atoms with E-state index in [9.17, 15) is 9.18 Å². The molecule has 0 unspecified atom stereocenters. The molecule has 9 nitrogen and oxygen atoms in total. The van der Waals surface area contributed by atoms with Crippen molar-refractivity contribution < 1.29 is 13.6 Å². The number of hydrogen-bond donors (Lipinski definition) is 1. The molecule has 1 saturated heterocycles. The first-order valence-corrected chi connectivity index (χ1v) is 10.5. The molecule has 0 aliphatic carbocycles. The molecular formula is C23H18FN7O2. The van der Waals surface area contributed by atoms with Crippen LogP contribution in [0.25, 0.3) is 22.6 Å². The third-order valence-electron chi connectivity index (χ3n) is 5.88. The Labute approximate surface area is 187 Å². The van der Waals surface area contributed by atoms with Gasteiger partial charge in [-0.05, 0) is 36.8 Å². The molecule has 4 aromatic rings. The first kappa shape index (κ1) is 19.4. The van der Waals surface area contributed by atoms with E-state index in [4.69, 9.17) is 9.40 Å². The smallest absolute Gasteiger partial charge is 0.329 e. The molecule has 0 radical (unpaired) electrons. The Hall–Kier alpha value is -4.34. The normalized spacial score (nSPS) is 16.6. The van der Waals surface area contributed by atoms with E-state index in [1.807, 2.05) is 12.1 Å². The summed E-state index contributed by atoms with van der Waals surface area (Å²) in [5.74, 6) is 1.07. The van der Waals surface area contributed by atoms with Crippen molar-refractivity contribution in [2.24, 2.45) is 0 Å². The van der Waals surface area contributed by atoms with E-state index in [0.29, 0.717) is 28.7 Å². The Morgan fingerprint density at radius 1 is 1.12 bits per heavy atom. The second-order valence-corrected chi connectivity index (χ2v) is 7.92. The minimum atomic E-state index is -0.442. The summed E-state index contributed by atoms with van der Waals surface area (Å²) in [7, 11) is 0. The molecule has 4 aromatic heterocycles. The number of aromatic nitrogens is 4. The van der Waals surface area contributed by atoms with Crippen molar-refractivity contribution in [2.45, 2.75) is 12.5 Å². The lowest BCUT2D eigenvalue weighted by Crippen LogP contribution is -2.48. The molecule has 2 amide bonds. The van der Waals surface area contributed by atoms with Crippen molar-refractivity contribution >= 4 is 23.4 Å². The van der Waals surface area contributed by atoms with Crippen LogP contribution in [-0.4, -0.2) is 45.1 Å². The minimum Gasteiger partial charge on any atom is -0.444 e. The van der Waals surface area contributed by atoms with Gasteiger partial charge >= 0.3 is 6.03 Å². The highest BCUT2D eigenvalue weighted by molar-refractivity contribution is 6.04. The summed E-state index contributed by atoms with van der Waals surface area (Å²) >= 11 is 0. The molecule has 164 valence electrons. The van der Waals surface area contributed by atoms with Crippen LogP contribution < -0.4 is 15.1 Å². The fourth-order valence-electron chi connectivity index (χ4n) is 4.36. The van der Waals surface area contributed by atoms with Gasteiger partial charge in [0.2, 0.25) is 0 Å². The number of carbonyl (C=O) groups excluding carboxylic acids is 1. The van der Waals surface area contributed by atoms with Gasteiger partial charge in [-0.2, -0.15) is 0 Å². The fraction of sp³-hybridized carbons (Fsp3) is 0.174. The van der Waals surface area contributed by atoms with E-state index in [-0.39, 0.29) is 12.1 Å². The second kappa shape index (κ2) is 7.66. The number of oxazole rings is 1. The molecule has 2 aliphatic rings. The molecule has 1 fully saturated rings. The third-order valence-corrected chi connectivity index (χ3v) is 5.88. The minimum absolute atomic E-state index is 0.0247. The van der Waals surface area contributed by atoms with Crippen LogP contribution in [0, 0.1) is 5.82 Å². The van der Waals surface area contributed by atoms with E-state index in [1.54, 1.807) is 35.6 Å². The van der Waals surface area contributed by atoms with Crippen molar-refractivity contribution in [3.8, 4) is 22.6 Å². The Kier molecular flexibility index (Phi) is 4.49. The van der Waals surface area contributed by atoms with Gasteiger partial charge in [-0.25, -0.2) is 24.1 Å². The zero-order valence-electron chi connectivity index (χ0n) is 17.3. The summed E-state index contributed by atoms with van der Waals surface area (Å²) in [6.07, 6.45) is 8.07.